The van der Waals surface area contributed by atoms with Crippen LogP contribution in [-0.4, -0.2) is 19.7 Å². The molecule has 78 valence electrons. The first-order valence-corrected chi connectivity index (χ1v) is 6.49. The normalized spacial score (nSPS) is 20.2. The van der Waals surface area contributed by atoms with Gasteiger partial charge in [0, 0.05) is 6.54 Å². The number of hydrogen-bond acceptors (Lipinski definition) is 2. The van der Waals surface area contributed by atoms with Gasteiger partial charge >= 0.3 is 0 Å². The van der Waals surface area contributed by atoms with Crippen molar-refractivity contribution in [3.05, 3.63) is 0 Å². The summed E-state index contributed by atoms with van der Waals surface area (Å²) in [5.41, 5.74) is 0. The number of sulfonamides is 1. The van der Waals surface area contributed by atoms with E-state index in [0.29, 0.717) is 6.54 Å². The summed E-state index contributed by atoms with van der Waals surface area (Å²) >= 11 is 0. The summed E-state index contributed by atoms with van der Waals surface area (Å²) in [5.74, 6) is 0. The minimum absolute atomic E-state index is 0.445. The first-order chi connectivity index (χ1) is 6.02. The molecule has 1 saturated carbocycles. The van der Waals surface area contributed by atoms with Gasteiger partial charge in [0.25, 0.3) is 0 Å². The van der Waals surface area contributed by atoms with Crippen LogP contribution >= 0.6 is 0 Å². The zero-order chi connectivity index (χ0) is 9.95. The Morgan fingerprint density at radius 2 is 1.92 bits per heavy atom. The molecule has 0 heterocycles. The summed E-state index contributed by atoms with van der Waals surface area (Å²) in [4.78, 5) is 0. The average molecular weight is 205 g/mol. The highest BCUT2D eigenvalue weighted by Crippen LogP contribution is 2.42. The zero-order valence-corrected chi connectivity index (χ0v) is 9.28. The second-order valence-electron chi connectivity index (χ2n) is 4.05. The smallest absolute Gasteiger partial charge is 0.215 e. The van der Waals surface area contributed by atoms with E-state index in [2.05, 4.69) is 11.6 Å². The molecule has 1 rings (SSSR count). The van der Waals surface area contributed by atoms with Gasteiger partial charge < -0.3 is 0 Å². The van der Waals surface area contributed by atoms with Crippen LogP contribution in [0.3, 0.4) is 0 Å². The molecule has 4 heteroatoms. The maximum atomic E-state index is 11.6. The van der Waals surface area contributed by atoms with E-state index in [-0.39, 0.29) is 0 Å². The second-order valence-corrected chi connectivity index (χ2v) is 6.34. The van der Waals surface area contributed by atoms with E-state index in [4.69, 9.17) is 0 Å². The molecule has 0 aliphatic heterocycles. The second kappa shape index (κ2) is 3.96. The van der Waals surface area contributed by atoms with Gasteiger partial charge in [0.15, 0.2) is 0 Å². The van der Waals surface area contributed by atoms with Crippen molar-refractivity contribution in [2.24, 2.45) is 0 Å². The Labute approximate surface area is 81.0 Å². The lowest BCUT2D eigenvalue weighted by atomic mass is 10.3. The van der Waals surface area contributed by atoms with Crippen LogP contribution in [0, 0.1) is 0 Å². The van der Waals surface area contributed by atoms with Crippen molar-refractivity contribution >= 4 is 10.0 Å². The van der Waals surface area contributed by atoms with Crippen LogP contribution in [0.4, 0.5) is 0 Å². The van der Waals surface area contributed by atoms with E-state index in [1.807, 2.05) is 6.92 Å². The minimum Gasteiger partial charge on any atom is -0.215 e. The molecular weight excluding hydrogens is 186 g/mol. The van der Waals surface area contributed by atoms with Crippen LogP contribution in [0.15, 0.2) is 0 Å². The predicted molar refractivity (Wildman–Crippen MR) is 54.1 cm³/mol. The van der Waals surface area contributed by atoms with Crippen LogP contribution in [0.25, 0.3) is 0 Å². The van der Waals surface area contributed by atoms with Crippen LogP contribution in [-0.2, 0) is 10.0 Å². The Bertz CT molecular complexity index is 255. The summed E-state index contributed by atoms with van der Waals surface area (Å²) in [6, 6.07) is 0. The van der Waals surface area contributed by atoms with Gasteiger partial charge in [0.2, 0.25) is 10.0 Å². The van der Waals surface area contributed by atoms with E-state index in [1.54, 1.807) is 0 Å². The summed E-state index contributed by atoms with van der Waals surface area (Å²) in [6.45, 7) is 4.53. The van der Waals surface area contributed by atoms with Gasteiger partial charge in [-0.1, -0.05) is 19.8 Å². The topological polar surface area (TPSA) is 46.2 Å². The van der Waals surface area contributed by atoms with Gasteiger partial charge in [0.05, 0.1) is 4.75 Å². The van der Waals surface area contributed by atoms with Crippen molar-refractivity contribution in [1.82, 2.24) is 4.72 Å². The van der Waals surface area contributed by atoms with Crippen LogP contribution in [0.1, 0.15) is 46.0 Å². The number of hydrogen-bond donors (Lipinski definition) is 1. The Kier molecular flexibility index (Phi) is 3.35. The lowest BCUT2D eigenvalue weighted by molar-refractivity contribution is 0.562. The third-order valence-corrected chi connectivity index (χ3v) is 4.97. The Morgan fingerprint density at radius 1 is 1.31 bits per heavy atom. The maximum absolute atomic E-state index is 11.6. The van der Waals surface area contributed by atoms with Crippen molar-refractivity contribution < 1.29 is 8.42 Å². The number of unbranched alkanes of at least 4 members (excludes halogenated alkanes) is 2. The molecular formula is C9H19NO2S. The van der Waals surface area contributed by atoms with Crippen LogP contribution in [0.2, 0.25) is 0 Å². The van der Waals surface area contributed by atoms with E-state index >= 15 is 0 Å². The third-order valence-electron chi connectivity index (χ3n) is 2.68. The average Bonchev–Trinajstić information content (AvgIpc) is 2.79. The minimum atomic E-state index is -3.02. The van der Waals surface area contributed by atoms with Crippen molar-refractivity contribution in [2.45, 2.75) is 50.7 Å². The molecule has 0 amide bonds. The first kappa shape index (κ1) is 11.0. The van der Waals surface area contributed by atoms with E-state index < -0.39 is 14.8 Å². The van der Waals surface area contributed by atoms with Crippen molar-refractivity contribution in [2.75, 3.05) is 6.54 Å². The Balaban J connectivity index is 2.28. The third kappa shape index (κ3) is 2.68. The zero-order valence-electron chi connectivity index (χ0n) is 8.47. The summed E-state index contributed by atoms with van der Waals surface area (Å²) in [5, 5.41) is 0. The highest BCUT2D eigenvalue weighted by Gasteiger charge is 2.49. The molecule has 3 nitrogen and oxygen atoms in total. The Hall–Kier alpha value is -0.0900. The first-order valence-electron chi connectivity index (χ1n) is 5.01. The molecule has 0 aromatic rings. The maximum Gasteiger partial charge on any atom is 0.217 e. The van der Waals surface area contributed by atoms with Crippen molar-refractivity contribution in [3.8, 4) is 0 Å². The molecule has 1 N–H and O–H groups in total. The lowest BCUT2D eigenvalue weighted by Gasteiger charge is -2.11. The van der Waals surface area contributed by atoms with Crippen molar-refractivity contribution in [1.29, 1.82) is 0 Å². The molecule has 1 aliphatic carbocycles. The van der Waals surface area contributed by atoms with Gasteiger partial charge in [-0.2, -0.15) is 0 Å². The molecule has 0 aromatic heterocycles. The van der Waals surface area contributed by atoms with Gasteiger partial charge in [0.1, 0.15) is 0 Å². The molecule has 13 heavy (non-hydrogen) atoms. The molecule has 1 aliphatic rings. The van der Waals surface area contributed by atoms with Gasteiger partial charge in [-0.25, -0.2) is 13.1 Å². The fourth-order valence-corrected chi connectivity index (χ4v) is 2.60. The van der Waals surface area contributed by atoms with E-state index in [9.17, 15) is 8.42 Å². The molecule has 0 radical (unpaired) electrons. The molecule has 0 spiro atoms. The van der Waals surface area contributed by atoms with Gasteiger partial charge in [-0.05, 0) is 26.2 Å². The largest absolute Gasteiger partial charge is 0.217 e. The van der Waals surface area contributed by atoms with E-state index in [1.165, 1.54) is 0 Å². The summed E-state index contributed by atoms with van der Waals surface area (Å²) in [7, 11) is -3.02. The highest BCUT2D eigenvalue weighted by atomic mass is 32.2. The highest BCUT2D eigenvalue weighted by molar-refractivity contribution is 7.91. The monoisotopic (exact) mass is 205 g/mol. The fourth-order valence-electron chi connectivity index (χ4n) is 1.20. The lowest BCUT2D eigenvalue weighted by Crippen LogP contribution is -2.34. The standard InChI is InChI=1S/C9H19NO2S/c1-3-4-5-8-10-13(11,12)9(2)6-7-9/h10H,3-8H2,1-2H3. The molecule has 1 fully saturated rings. The predicted octanol–water partition coefficient (Wildman–Crippen LogP) is 1.65. The molecule has 0 unspecified atom stereocenters. The number of rotatable bonds is 6. The molecule has 0 saturated heterocycles. The Morgan fingerprint density at radius 3 is 2.38 bits per heavy atom. The summed E-state index contributed by atoms with van der Waals surface area (Å²) in [6.07, 6.45) is 4.80. The van der Waals surface area contributed by atoms with Crippen LogP contribution in [0.5, 0.6) is 0 Å². The fraction of sp³-hybridized carbons (Fsp3) is 1.00. The SMILES string of the molecule is CCCCCNS(=O)(=O)C1(C)CC1. The quantitative estimate of drug-likeness (QED) is 0.670. The summed E-state index contributed by atoms with van der Waals surface area (Å²) < 4.78 is 25.4. The van der Waals surface area contributed by atoms with Crippen LogP contribution < -0.4 is 4.72 Å². The van der Waals surface area contributed by atoms with Crippen molar-refractivity contribution in [3.63, 3.8) is 0 Å². The molecule has 0 atom stereocenters. The molecule has 0 bridgehead atoms. The van der Waals surface area contributed by atoms with Gasteiger partial charge in [-0.3, -0.25) is 0 Å². The van der Waals surface area contributed by atoms with Gasteiger partial charge in [-0.15, -0.1) is 0 Å². The van der Waals surface area contributed by atoms with E-state index in [0.717, 1.165) is 32.1 Å². The number of nitrogens with one attached hydrogen (secondary N) is 1. The molecule has 0 aromatic carbocycles.